The van der Waals surface area contributed by atoms with E-state index in [-0.39, 0.29) is 15.5 Å². The van der Waals surface area contributed by atoms with Gasteiger partial charge >= 0.3 is 0 Å². The summed E-state index contributed by atoms with van der Waals surface area (Å²) < 4.78 is 57.7. The lowest BCUT2D eigenvalue weighted by molar-refractivity contribution is 0.599. The Morgan fingerprint density at radius 3 is 1.97 bits per heavy atom. The Morgan fingerprint density at radius 1 is 0.871 bits per heavy atom. The van der Waals surface area contributed by atoms with Crippen molar-refractivity contribution >= 4 is 31.4 Å². The molecule has 10 heteroatoms. The van der Waals surface area contributed by atoms with Crippen LogP contribution < -0.4 is 9.44 Å². The number of benzene rings is 2. The van der Waals surface area contributed by atoms with Crippen molar-refractivity contribution in [1.82, 2.24) is 9.78 Å². The third kappa shape index (κ3) is 4.91. The molecule has 0 bridgehead atoms. The number of nitrogens with one attached hydrogen (secondary N) is 2. The Bertz CT molecular complexity index is 1300. The molecule has 2 N–H and O–H groups in total. The quantitative estimate of drug-likeness (QED) is 0.556. The van der Waals surface area contributed by atoms with Gasteiger partial charge in [0.2, 0.25) is 0 Å². The van der Waals surface area contributed by atoms with Crippen molar-refractivity contribution in [1.29, 1.82) is 0 Å². The largest absolute Gasteiger partial charge is 0.280 e. The van der Waals surface area contributed by atoms with Crippen LogP contribution in [-0.2, 0) is 26.6 Å². The van der Waals surface area contributed by atoms with Gasteiger partial charge in [-0.1, -0.05) is 17.7 Å². The lowest BCUT2D eigenvalue weighted by Gasteiger charge is -2.15. The van der Waals surface area contributed by atoms with Gasteiger partial charge in [-0.3, -0.25) is 14.1 Å². The van der Waals surface area contributed by atoms with Gasteiger partial charge in [0.25, 0.3) is 20.0 Å². The van der Waals surface area contributed by atoms with E-state index in [1.165, 1.54) is 30.5 Å². The molecule has 3 rings (SSSR count). The highest BCUT2D eigenvalue weighted by Gasteiger charge is 2.21. The zero-order chi connectivity index (χ0) is 23.0. The summed E-state index contributed by atoms with van der Waals surface area (Å²) in [6.45, 7) is 9.68. The molecule has 0 fully saturated rings. The zero-order valence-corrected chi connectivity index (χ0v) is 19.7. The van der Waals surface area contributed by atoms with Gasteiger partial charge in [0, 0.05) is 18.4 Å². The fraction of sp³-hybridized carbons (Fsp3) is 0.286. The van der Waals surface area contributed by atoms with Gasteiger partial charge in [0.15, 0.2) is 0 Å². The molecule has 0 aliphatic rings. The van der Waals surface area contributed by atoms with E-state index in [4.69, 9.17) is 0 Å². The molecule has 0 radical (unpaired) electrons. The first kappa shape index (κ1) is 22.8. The van der Waals surface area contributed by atoms with Gasteiger partial charge in [-0.2, -0.15) is 5.10 Å². The van der Waals surface area contributed by atoms with Crippen molar-refractivity contribution in [2.45, 2.75) is 51.0 Å². The highest BCUT2D eigenvalue weighted by atomic mass is 32.2. The number of aromatic nitrogens is 2. The van der Waals surface area contributed by atoms with Crippen LogP contribution in [-0.4, -0.2) is 26.6 Å². The van der Waals surface area contributed by atoms with Gasteiger partial charge < -0.3 is 0 Å². The fourth-order valence-electron chi connectivity index (χ4n) is 3.37. The minimum Gasteiger partial charge on any atom is -0.280 e. The molecular weight excluding hydrogens is 436 g/mol. The van der Waals surface area contributed by atoms with Crippen LogP contribution in [0.1, 0.15) is 29.3 Å². The number of sulfonamides is 2. The number of rotatable bonds is 7. The Kier molecular flexibility index (Phi) is 6.15. The molecule has 0 spiro atoms. The summed E-state index contributed by atoms with van der Waals surface area (Å²) >= 11 is 0. The normalized spacial score (nSPS) is 12.0. The summed E-state index contributed by atoms with van der Waals surface area (Å²) in [5.74, 6) is 0. The van der Waals surface area contributed by atoms with Crippen LogP contribution in [0.4, 0.5) is 11.4 Å². The van der Waals surface area contributed by atoms with Gasteiger partial charge in [0.05, 0.1) is 16.3 Å². The number of anilines is 2. The number of hydrogen-bond acceptors (Lipinski definition) is 5. The number of nitrogens with zero attached hydrogens (tertiary/aromatic N) is 2. The summed E-state index contributed by atoms with van der Waals surface area (Å²) in [5.41, 5.74) is 3.89. The minimum atomic E-state index is -3.84. The van der Waals surface area contributed by atoms with Crippen LogP contribution in [0.3, 0.4) is 0 Å². The lowest BCUT2D eigenvalue weighted by atomic mass is 10.1. The molecule has 0 aliphatic heterocycles. The third-order valence-corrected chi connectivity index (χ3v) is 7.70. The molecule has 8 nitrogen and oxygen atoms in total. The smallest absolute Gasteiger partial charge is 0.265 e. The van der Waals surface area contributed by atoms with Crippen molar-refractivity contribution in [2.75, 3.05) is 9.44 Å². The van der Waals surface area contributed by atoms with Crippen molar-refractivity contribution < 1.29 is 16.8 Å². The van der Waals surface area contributed by atoms with Crippen molar-refractivity contribution in [3.63, 3.8) is 0 Å². The molecule has 0 unspecified atom stereocenters. The highest BCUT2D eigenvalue weighted by Crippen LogP contribution is 2.26. The SMILES string of the molecule is CCn1cc(S(=O)(=O)Nc2ccc(S(=O)(=O)Nc3c(C)cc(C)cc3C)cc2)c(C)n1. The van der Waals surface area contributed by atoms with Gasteiger partial charge in [-0.25, -0.2) is 16.8 Å². The highest BCUT2D eigenvalue weighted by molar-refractivity contribution is 7.93. The van der Waals surface area contributed by atoms with Crippen molar-refractivity contribution in [2.24, 2.45) is 0 Å². The maximum absolute atomic E-state index is 12.8. The molecule has 0 atom stereocenters. The lowest BCUT2D eigenvalue weighted by Crippen LogP contribution is -2.16. The first-order valence-electron chi connectivity index (χ1n) is 9.70. The molecule has 0 saturated carbocycles. The molecule has 3 aromatic rings. The van der Waals surface area contributed by atoms with Crippen LogP contribution in [0.25, 0.3) is 0 Å². The van der Waals surface area contributed by atoms with E-state index < -0.39 is 20.0 Å². The average molecular weight is 463 g/mol. The molecule has 31 heavy (non-hydrogen) atoms. The predicted molar refractivity (Wildman–Crippen MR) is 121 cm³/mol. The molecular formula is C21H26N4O4S2. The van der Waals surface area contributed by atoms with Crippen LogP contribution in [0, 0.1) is 27.7 Å². The van der Waals surface area contributed by atoms with Gasteiger partial charge in [-0.15, -0.1) is 0 Å². The molecule has 2 aromatic carbocycles. The monoisotopic (exact) mass is 462 g/mol. The molecule has 0 aliphatic carbocycles. The zero-order valence-electron chi connectivity index (χ0n) is 18.1. The van der Waals surface area contributed by atoms with E-state index in [0.29, 0.717) is 17.9 Å². The van der Waals surface area contributed by atoms with Crippen LogP contribution in [0.5, 0.6) is 0 Å². The van der Waals surface area contributed by atoms with Crippen molar-refractivity contribution in [3.8, 4) is 0 Å². The molecule has 1 heterocycles. The van der Waals surface area contributed by atoms with E-state index in [9.17, 15) is 16.8 Å². The second kappa shape index (κ2) is 8.35. The first-order chi connectivity index (χ1) is 14.4. The summed E-state index contributed by atoms with van der Waals surface area (Å²) in [6, 6.07) is 9.38. The summed E-state index contributed by atoms with van der Waals surface area (Å²) in [6.07, 6.45) is 1.46. The number of hydrogen-bond donors (Lipinski definition) is 2. The van der Waals surface area contributed by atoms with E-state index in [1.807, 2.05) is 39.8 Å². The van der Waals surface area contributed by atoms with Gasteiger partial charge in [0.1, 0.15) is 4.90 Å². The molecule has 0 amide bonds. The Morgan fingerprint density at radius 2 is 1.45 bits per heavy atom. The summed E-state index contributed by atoms with van der Waals surface area (Å²) in [7, 11) is -7.68. The summed E-state index contributed by atoms with van der Waals surface area (Å²) in [5, 5.41) is 4.15. The Labute approximate surface area is 183 Å². The minimum absolute atomic E-state index is 0.0322. The Balaban J connectivity index is 1.83. The second-order valence-corrected chi connectivity index (χ2v) is 10.8. The fourth-order valence-corrected chi connectivity index (χ4v) is 5.82. The van der Waals surface area contributed by atoms with Crippen LogP contribution >= 0.6 is 0 Å². The molecule has 0 saturated heterocycles. The maximum atomic E-state index is 12.8. The standard InChI is InChI=1S/C21H26N4O4S2/c1-6-25-13-20(17(5)22-25)31(28,29)23-18-7-9-19(10-8-18)30(26,27)24-21-15(3)11-14(2)12-16(21)4/h7-13,23-24H,6H2,1-5H3. The van der Waals surface area contributed by atoms with Crippen LogP contribution in [0.15, 0.2) is 52.4 Å². The van der Waals surface area contributed by atoms with E-state index >= 15 is 0 Å². The molecule has 166 valence electrons. The third-order valence-electron chi connectivity index (χ3n) is 4.85. The van der Waals surface area contributed by atoms with E-state index in [1.54, 1.807) is 11.6 Å². The second-order valence-electron chi connectivity index (χ2n) is 7.44. The van der Waals surface area contributed by atoms with Gasteiger partial charge in [-0.05, 0) is 70.0 Å². The Hall–Kier alpha value is -2.85. The summed E-state index contributed by atoms with van der Waals surface area (Å²) in [4.78, 5) is 0.114. The molecule has 1 aromatic heterocycles. The topological polar surface area (TPSA) is 110 Å². The number of aryl methyl sites for hydroxylation is 5. The van der Waals surface area contributed by atoms with E-state index in [0.717, 1.165) is 16.7 Å². The van der Waals surface area contributed by atoms with Crippen LogP contribution in [0.2, 0.25) is 0 Å². The first-order valence-corrected chi connectivity index (χ1v) is 12.7. The average Bonchev–Trinajstić information content (AvgIpc) is 3.07. The predicted octanol–water partition coefficient (Wildman–Crippen LogP) is 3.74. The van der Waals surface area contributed by atoms with E-state index in [2.05, 4.69) is 14.5 Å². The van der Waals surface area contributed by atoms with Crippen molar-refractivity contribution in [3.05, 3.63) is 65.0 Å². The maximum Gasteiger partial charge on any atom is 0.265 e.